The van der Waals surface area contributed by atoms with Crippen LogP contribution in [-0.2, 0) is 6.42 Å². The SMILES string of the molecule is CCc1ccc(Nc2nc(N)ncc2Br)cc1. The molecule has 0 aliphatic heterocycles. The van der Waals surface area contributed by atoms with Gasteiger partial charge in [-0.25, -0.2) is 4.98 Å². The zero-order valence-corrected chi connectivity index (χ0v) is 11.0. The lowest BCUT2D eigenvalue weighted by Gasteiger charge is -2.08. The van der Waals surface area contributed by atoms with Crippen molar-refractivity contribution in [1.82, 2.24) is 9.97 Å². The second kappa shape index (κ2) is 5.14. The number of aromatic nitrogens is 2. The maximum absolute atomic E-state index is 5.54. The van der Waals surface area contributed by atoms with Gasteiger partial charge >= 0.3 is 0 Å². The third-order valence-electron chi connectivity index (χ3n) is 2.39. The molecule has 88 valence electrons. The van der Waals surface area contributed by atoms with Gasteiger partial charge in [0.2, 0.25) is 5.95 Å². The lowest BCUT2D eigenvalue weighted by molar-refractivity contribution is 1.14. The molecule has 0 amide bonds. The van der Waals surface area contributed by atoms with E-state index in [1.165, 1.54) is 5.56 Å². The largest absolute Gasteiger partial charge is 0.368 e. The summed E-state index contributed by atoms with van der Waals surface area (Å²) in [4.78, 5) is 8.01. The molecule has 1 heterocycles. The normalized spacial score (nSPS) is 10.2. The highest BCUT2D eigenvalue weighted by molar-refractivity contribution is 9.10. The number of halogens is 1. The first-order valence-corrected chi connectivity index (χ1v) is 6.12. The van der Waals surface area contributed by atoms with Gasteiger partial charge in [0.1, 0.15) is 5.82 Å². The molecule has 0 unspecified atom stereocenters. The maximum Gasteiger partial charge on any atom is 0.222 e. The van der Waals surface area contributed by atoms with Gasteiger partial charge in [0.15, 0.2) is 0 Å². The van der Waals surface area contributed by atoms with Crippen LogP contribution in [0, 0.1) is 0 Å². The fourth-order valence-corrected chi connectivity index (χ4v) is 1.72. The summed E-state index contributed by atoms with van der Waals surface area (Å²) >= 11 is 3.37. The van der Waals surface area contributed by atoms with Crippen LogP contribution in [0.1, 0.15) is 12.5 Å². The summed E-state index contributed by atoms with van der Waals surface area (Å²) in [6.45, 7) is 2.13. The van der Waals surface area contributed by atoms with Crippen molar-refractivity contribution in [2.45, 2.75) is 13.3 Å². The minimum Gasteiger partial charge on any atom is -0.368 e. The molecule has 1 aromatic heterocycles. The Bertz CT molecular complexity index is 510. The first kappa shape index (κ1) is 11.9. The van der Waals surface area contributed by atoms with Crippen LogP contribution in [0.2, 0.25) is 0 Å². The lowest BCUT2D eigenvalue weighted by atomic mass is 10.1. The predicted molar refractivity (Wildman–Crippen MR) is 73.2 cm³/mol. The number of aryl methyl sites for hydroxylation is 1. The van der Waals surface area contributed by atoms with Crippen molar-refractivity contribution in [2.24, 2.45) is 0 Å². The van der Waals surface area contributed by atoms with E-state index in [0.29, 0.717) is 5.82 Å². The monoisotopic (exact) mass is 292 g/mol. The molecule has 2 rings (SSSR count). The van der Waals surface area contributed by atoms with Crippen molar-refractivity contribution in [3.05, 3.63) is 40.5 Å². The summed E-state index contributed by atoms with van der Waals surface area (Å²) in [7, 11) is 0. The third-order valence-corrected chi connectivity index (χ3v) is 2.97. The van der Waals surface area contributed by atoms with Crippen molar-refractivity contribution in [1.29, 1.82) is 0 Å². The van der Waals surface area contributed by atoms with E-state index in [2.05, 4.69) is 50.3 Å². The molecule has 3 N–H and O–H groups in total. The van der Waals surface area contributed by atoms with Crippen LogP contribution in [0.4, 0.5) is 17.5 Å². The minimum atomic E-state index is 0.251. The molecule has 17 heavy (non-hydrogen) atoms. The number of nitrogen functional groups attached to an aromatic ring is 1. The molecule has 0 radical (unpaired) electrons. The molecule has 0 saturated heterocycles. The van der Waals surface area contributed by atoms with Gasteiger partial charge in [0.25, 0.3) is 0 Å². The van der Waals surface area contributed by atoms with E-state index in [9.17, 15) is 0 Å². The fraction of sp³-hybridized carbons (Fsp3) is 0.167. The van der Waals surface area contributed by atoms with E-state index < -0.39 is 0 Å². The van der Waals surface area contributed by atoms with E-state index in [4.69, 9.17) is 5.73 Å². The smallest absolute Gasteiger partial charge is 0.222 e. The number of nitrogens with two attached hydrogens (primary N) is 1. The Morgan fingerprint density at radius 3 is 2.65 bits per heavy atom. The Hall–Kier alpha value is -1.62. The maximum atomic E-state index is 5.54. The number of hydrogen-bond acceptors (Lipinski definition) is 4. The minimum absolute atomic E-state index is 0.251. The second-order valence-electron chi connectivity index (χ2n) is 3.60. The van der Waals surface area contributed by atoms with Crippen LogP contribution in [0.5, 0.6) is 0 Å². The number of rotatable bonds is 3. The number of nitrogens with one attached hydrogen (secondary N) is 1. The summed E-state index contributed by atoms with van der Waals surface area (Å²) in [6.07, 6.45) is 2.66. The van der Waals surface area contributed by atoms with Gasteiger partial charge in [-0.2, -0.15) is 4.98 Å². The van der Waals surface area contributed by atoms with Gasteiger partial charge in [-0.1, -0.05) is 19.1 Å². The van der Waals surface area contributed by atoms with Crippen molar-refractivity contribution >= 4 is 33.4 Å². The Balaban J connectivity index is 2.22. The summed E-state index contributed by atoms with van der Waals surface area (Å²) in [5, 5.41) is 3.19. The molecule has 0 aliphatic rings. The fourth-order valence-electron chi connectivity index (χ4n) is 1.43. The third kappa shape index (κ3) is 2.94. The summed E-state index contributed by atoms with van der Waals surface area (Å²) in [6, 6.07) is 8.20. The number of benzene rings is 1. The molecule has 0 atom stereocenters. The Morgan fingerprint density at radius 1 is 1.29 bits per heavy atom. The molecule has 0 saturated carbocycles. The zero-order chi connectivity index (χ0) is 12.3. The van der Waals surface area contributed by atoms with Gasteiger partial charge < -0.3 is 11.1 Å². The molecule has 2 aromatic rings. The Morgan fingerprint density at radius 2 is 2.00 bits per heavy atom. The molecule has 0 aliphatic carbocycles. The van der Waals surface area contributed by atoms with Gasteiger partial charge in [0, 0.05) is 11.9 Å². The molecule has 1 aromatic carbocycles. The molecule has 0 fully saturated rings. The lowest BCUT2D eigenvalue weighted by Crippen LogP contribution is -2.00. The van der Waals surface area contributed by atoms with E-state index in [1.54, 1.807) is 6.20 Å². The standard InChI is InChI=1S/C12H13BrN4/c1-2-8-3-5-9(6-4-8)16-11-10(13)7-15-12(14)17-11/h3-7H,2H2,1H3,(H3,14,15,16,17). The zero-order valence-electron chi connectivity index (χ0n) is 9.44. The van der Waals surface area contributed by atoms with Crippen LogP contribution < -0.4 is 11.1 Å². The summed E-state index contributed by atoms with van der Waals surface area (Å²) < 4.78 is 0.784. The van der Waals surface area contributed by atoms with E-state index in [0.717, 1.165) is 16.6 Å². The molecule has 5 heteroatoms. The molecule has 4 nitrogen and oxygen atoms in total. The van der Waals surface area contributed by atoms with E-state index >= 15 is 0 Å². The predicted octanol–water partition coefficient (Wildman–Crippen LogP) is 3.13. The van der Waals surface area contributed by atoms with Gasteiger partial charge in [0.05, 0.1) is 4.47 Å². The summed E-state index contributed by atoms with van der Waals surface area (Å²) in [5.74, 6) is 0.919. The molecular weight excluding hydrogens is 280 g/mol. The molecule has 0 spiro atoms. The average molecular weight is 293 g/mol. The summed E-state index contributed by atoms with van der Waals surface area (Å²) in [5.41, 5.74) is 7.82. The first-order valence-electron chi connectivity index (χ1n) is 5.33. The quantitative estimate of drug-likeness (QED) is 0.912. The van der Waals surface area contributed by atoms with Crippen molar-refractivity contribution in [3.8, 4) is 0 Å². The van der Waals surface area contributed by atoms with E-state index in [-0.39, 0.29) is 5.95 Å². The highest BCUT2D eigenvalue weighted by atomic mass is 79.9. The van der Waals surface area contributed by atoms with Gasteiger partial charge in [-0.05, 0) is 40.0 Å². The van der Waals surface area contributed by atoms with Crippen LogP contribution in [0.3, 0.4) is 0 Å². The number of nitrogens with zero attached hydrogens (tertiary/aromatic N) is 2. The van der Waals surface area contributed by atoms with Crippen molar-refractivity contribution in [2.75, 3.05) is 11.1 Å². The first-order chi connectivity index (χ1) is 8.19. The van der Waals surface area contributed by atoms with Crippen molar-refractivity contribution in [3.63, 3.8) is 0 Å². The molecule has 0 bridgehead atoms. The van der Waals surface area contributed by atoms with Crippen LogP contribution >= 0.6 is 15.9 Å². The van der Waals surface area contributed by atoms with Crippen molar-refractivity contribution < 1.29 is 0 Å². The second-order valence-corrected chi connectivity index (χ2v) is 4.45. The van der Waals surface area contributed by atoms with Gasteiger partial charge in [-0.3, -0.25) is 0 Å². The average Bonchev–Trinajstić information content (AvgIpc) is 2.35. The highest BCUT2D eigenvalue weighted by Crippen LogP contribution is 2.23. The number of anilines is 3. The Labute approximate surface area is 108 Å². The number of hydrogen-bond donors (Lipinski definition) is 2. The topological polar surface area (TPSA) is 63.8 Å². The highest BCUT2D eigenvalue weighted by Gasteiger charge is 2.03. The van der Waals surface area contributed by atoms with Gasteiger partial charge in [-0.15, -0.1) is 0 Å². The Kier molecular flexibility index (Phi) is 3.58. The van der Waals surface area contributed by atoms with Crippen LogP contribution in [0.25, 0.3) is 0 Å². The molecular formula is C12H13BrN4. The van der Waals surface area contributed by atoms with Crippen LogP contribution in [0.15, 0.2) is 34.9 Å². The van der Waals surface area contributed by atoms with E-state index in [1.807, 2.05) is 12.1 Å². The van der Waals surface area contributed by atoms with Crippen LogP contribution in [-0.4, -0.2) is 9.97 Å².